The van der Waals surface area contributed by atoms with E-state index in [1.54, 1.807) is 40.1 Å². The van der Waals surface area contributed by atoms with E-state index >= 15 is 0 Å². The van der Waals surface area contributed by atoms with Gasteiger partial charge in [-0.15, -0.1) is 20.4 Å². The predicted molar refractivity (Wildman–Crippen MR) is 552 cm³/mol. The van der Waals surface area contributed by atoms with Gasteiger partial charge in [-0.2, -0.15) is 9.97 Å². The molecule has 137 heavy (non-hydrogen) atoms. The number of nitrogens with two attached hydrogens (primary N) is 2. The van der Waals surface area contributed by atoms with Crippen LogP contribution < -0.4 is 233 Å². The van der Waals surface area contributed by atoms with Gasteiger partial charge in [0.2, 0.25) is 11.9 Å². The van der Waals surface area contributed by atoms with Crippen LogP contribution in [0.3, 0.4) is 0 Å². The first-order valence-corrected chi connectivity index (χ1v) is 49.6. The minimum atomic E-state index is -1.57. The molecule has 688 valence electrons. The molecule has 16 aromatic rings. The van der Waals surface area contributed by atoms with Crippen LogP contribution in [-0.4, -0.2) is 141 Å². The van der Waals surface area contributed by atoms with E-state index in [0.29, 0.717) is 90.7 Å². The average molecular weight is 2330 g/mol. The van der Waals surface area contributed by atoms with E-state index in [9.17, 15) is 9.59 Å². The minimum absolute atomic E-state index is 0. The van der Waals surface area contributed by atoms with Gasteiger partial charge in [-0.3, -0.25) is 14.6 Å². The number of fused-ring (bicyclic) bond motifs is 2. The van der Waals surface area contributed by atoms with Crippen LogP contribution in [0.15, 0.2) is 400 Å². The van der Waals surface area contributed by atoms with E-state index in [0.717, 1.165) is 0 Å². The summed E-state index contributed by atoms with van der Waals surface area (Å²) >= 11 is 29.2. The fourth-order valence-corrected chi connectivity index (χ4v) is 24.7. The largest absolute Gasteiger partial charge is 1.00 e. The number of ether oxygens (including phenoxy) is 2. The molecule has 0 radical (unpaired) electrons. The van der Waals surface area contributed by atoms with E-state index < -0.39 is 38.8 Å². The molecule has 14 aromatic carbocycles. The zero-order valence-electron chi connectivity index (χ0n) is 75.4. The molecule has 6 heterocycles. The van der Waals surface area contributed by atoms with E-state index in [4.69, 9.17) is 99.0 Å². The van der Waals surface area contributed by atoms with Crippen LogP contribution in [0.25, 0.3) is 11.3 Å². The summed E-state index contributed by atoms with van der Waals surface area (Å²) in [5.41, 5.74) is 12.9. The van der Waals surface area contributed by atoms with Crippen molar-refractivity contribution in [1.29, 1.82) is 0 Å². The summed E-state index contributed by atoms with van der Waals surface area (Å²) in [6.45, 7) is 4.10. The van der Waals surface area contributed by atoms with Gasteiger partial charge >= 0.3 is 157 Å². The maximum Gasteiger partial charge on any atom is 1.00 e. The van der Waals surface area contributed by atoms with Gasteiger partial charge in [0.25, 0.3) is 6.47 Å². The quantitative estimate of drug-likeness (QED) is 0.0218. The smallest absolute Gasteiger partial charge is 1.00 e. The normalized spacial score (nSPS) is 13.4. The Kier molecular flexibility index (Phi) is 48.0. The van der Waals surface area contributed by atoms with Gasteiger partial charge in [0.15, 0.2) is 16.8 Å². The molecule has 0 spiro atoms. The zero-order chi connectivity index (χ0) is 93.8. The number of benzene rings is 14. The number of carbonyl (C=O) groups is 3. The molecule has 4 aliphatic heterocycles. The molecular formula is C103H92BCl5Cs2N12O9P4Pd. The number of rotatable bonds is 17. The van der Waals surface area contributed by atoms with Crippen molar-refractivity contribution in [3.8, 4) is 11.3 Å². The summed E-state index contributed by atoms with van der Waals surface area (Å²) in [6.07, 6.45) is -0.525. The Morgan fingerprint density at radius 3 is 0.854 bits per heavy atom. The summed E-state index contributed by atoms with van der Waals surface area (Å²) in [7, 11) is -3.35. The SMILES string of the molecule is Nc1nc(N2CCN3C(=O)OC[C@H]3C2)nnc1-c1cccc(Cl)c1Cl.Nc1nc(N2CCN3C(=O)OC[C@H]3C2)nnc1Cl.O=CO[O-].OB(O)c1cccc(Cl)c1Cl.[Cs+].[Cs+].[H-].[Pd].c1ccc(P(c2ccccc2)c2ccccc2)cc1.c1ccc(P(c2ccccc2)c2ccccc2)cc1.c1ccc(P(c2ccccc2)c2ccccc2)cc1.c1ccc(P(c2ccccc2)c2ccccc2)cc1. The number of cyclic esters (lactones) is 2. The van der Waals surface area contributed by atoms with Crippen molar-refractivity contribution >= 4 is 208 Å². The summed E-state index contributed by atoms with van der Waals surface area (Å²) in [6, 6.07) is 139. The molecule has 2 amide bonds. The number of nitrogen functional groups attached to an aromatic ring is 2. The topological polar surface area (TPSA) is 285 Å². The first-order chi connectivity index (χ1) is 65.5. The number of hydrogen-bond acceptors (Lipinski definition) is 19. The minimum Gasteiger partial charge on any atom is -1.00 e. The fraction of sp³-hybridized carbons (Fsp3) is 0.0971. The second-order valence-electron chi connectivity index (χ2n) is 29.6. The van der Waals surface area contributed by atoms with Crippen LogP contribution in [0, 0.1) is 0 Å². The molecule has 21 nitrogen and oxygen atoms in total. The molecule has 0 saturated carbocycles. The molecule has 4 fully saturated rings. The van der Waals surface area contributed by atoms with Gasteiger partial charge in [-0.05, 0) is 107 Å². The molecule has 4 saturated heterocycles. The van der Waals surface area contributed by atoms with Crippen LogP contribution >= 0.6 is 89.7 Å². The first-order valence-electron chi connectivity index (χ1n) is 42.3. The van der Waals surface area contributed by atoms with Crippen molar-refractivity contribution in [2.45, 2.75) is 12.1 Å². The second kappa shape index (κ2) is 59.2. The molecule has 0 aliphatic carbocycles. The molecule has 34 heteroatoms. The second-order valence-corrected chi connectivity index (χ2v) is 40.4. The Morgan fingerprint density at radius 1 is 0.365 bits per heavy atom. The van der Waals surface area contributed by atoms with Crippen LogP contribution in [0.1, 0.15) is 1.43 Å². The molecule has 0 bridgehead atoms. The van der Waals surface area contributed by atoms with Crippen molar-refractivity contribution in [1.82, 2.24) is 40.2 Å². The average Bonchev–Trinajstić information content (AvgIpc) is 1.60. The monoisotopic (exact) mass is 2320 g/mol. The molecule has 4 aliphatic rings. The Hall–Kier alpha value is -7.81. The number of aromatic nitrogens is 6. The fourth-order valence-electron chi connectivity index (χ4n) is 14.6. The maximum atomic E-state index is 11.6. The number of nitrogens with zero attached hydrogens (tertiary/aromatic N) is 10. The third-order valence-corrected chi connectivity index (χ3v) is 32.5. The number of carbonyl (C=O) groups excluding carboxylic acids is 3. The Bertz CT molecular complexity index is 5500. The van der Waals surface area contributed by atoms with Crippen molar-refractivity contribution in [2.24, 2.45) is 0 Å². The Balaban J connectivity index is 0.000000179. The molecule has 0 unspecified atom stereocenters. The van der Waals surface area contributed by atoms with Gasteiger partial charge in [0.1, 0.15) is 18.9 Å². The van der Waals surface area contributed by atoms with E-state index in [-0.39, 0.29) is 218 Å². The third-order valence-electron chi connectivity index (χ3n) is 20.8. The Labute approximate surface area is 960 Å². The standard InChI is InChI=1S/4C18H15P.C15H14Cl2N6O2.C9H11ClN6O2.C6H5BCl2O2.CH2O3.2Cs.Pd.H/c4*1-4-10-16(11-5-1)19(17-12-6-2-7-13-17)18-14-8-3-9-15-18;16-10-3-1-2-9(11(10)17)12-13(18)19-14(21-20-12)22-4-5-23-8(6-22)7-25-15(23)24;10-6-7(11)12-8(14-13-6)15-1-2-16-5(3-15)4-18-9(16)17;8-5-3-1-2-4(6(5)9)7(10)11;2-1-4-3;;;;/h4*1-15H;1-3,8H,4-7H2,(H2,18,19,21);5H,1-4H2,(H2,11,12,14);1-3,10-11H;1,3H;;;;/q;;;;;;;;2*+1;;-1/p-1/t;;;;8-;5-;;;;;;/m....11....../s1. The van der Waals surface area contributed by atoms with Crippen molar-refractivity contribution < 1.29 is 204 Å². The molecule has 2 atom stereocenters. The van der Waals surface area contributed by atoms with Crippen LogP contribution in [0.4, 0.5) is 33.1 Å². The van der Waals surface area contributed by atoms with Gasteiger partial charge in [0, 0.05) is 70.7 Å². The number of anilines is 4. The van der Waals surface area contributed by atoms with Gasteiger partial charge in [-0.1, -0.05) is 446 Å². The molecular weight excluding hydrogens is 2230 g/mol. The van der Waals surface area contributed by atoms with Gasteiger partial charge < -0.3 is 52.4 Å². The van der Waals surface area contributed by atoms with E-state index in [1.165, 1.54) is 69.7 Å². The maximum absolute atomic E-state index is 11.6. The van der Waals surface area contributed by atoms with E-state index in [1.807, 2.05) is 9.80 Å². The summed E-state index contributed by atoms with van der Waals surface area (Å²) in [5, 5.41) is 60.1. The first kappa shape index (κ1) is 111. The van der Waals surface area contributed by atoms with Crippen LogP contribution in [0.5, 0.6) is 0 Å². The van der Waals surface area contributed by atoms with Crippen LogP contribution in [0.2, 0.25) is 25.2 Å². The molecule has 20 rings (SSSR count). The summed E-state index contributed by atoms with van der Waals surface area (Å²) in [4.78, 5) is 49.9. The van der Waals surface area contributed by atoms with E-state index in [2.05, 4.69) is 399 Å². The van der Waals surface area contributed by atoms with Crippen molar-refractivity contribution in [2.75, 3.05) is 73.7 Å². The van der Waals surface area contributed by atoms with Crippen molar-refractivity contribution in [3.63, 3.8) is 0 Å². The number of halogens is 5. The predicted octanol–water partition coefficient (Wildman–Crippen LogP) is 8.82. The summed E-state index contributed by atoms with van der Waals surface area (Å²) in [5.74, 6) is 1.22. The van der Waals surface area contributed by atoms with Gasteiger partial charge in [0.05, 0.1) is 32.2 Å². The molecule has 6 N–H and O–H groups in total. The Morgan fingerprint density at radius 2 is 0.613 bits per heavy atom. The number of amides is 2. The zero-order valence-corrected chi connectivity index (χ0v) is 95.9. The van der Waals surface area contributed by atoms with Crippen LogP contribution in [-0.2, 0) is 39.6 Å². The summed E-state index contributed by atoms with van der Waals surface area (Å²) < 4.78 is 10.0. The third kappa shape index (κ3) is 32.4. The molecule has 2 aromatic heterocycles. The van der Waals surface area contributed by atoms with Gasteiger partial charge in [-0.25, -0.2) is 9.59 Å². The number of hydrogen-bond donors (Lipinski definition) is 4. The number of piperazine rings is 2. The van der Waals surface area contributed by atoms with Crippen molar-refractivity contribution in [3.05, 3.63) is 426 Å².